The Bertz CT molecular complexity index is 1560. The molecule has 2 aromatic heterocycles. The van der Waals surface area contributed by atoms with Gasteiger partial charge in [-0.2, -0.15) is 0 Å². The number of aromatic nitrogens is 2. The molecule has 1 unspecified atom stereocenters. The maximum atomic E-state index is 13.5. The molecular formula is C22H20Cl2N3O7PS. The number of pyridine rings is 1. The van der Waals surface area contributed by atoms with Gasteiger partial charge in [0.2, 0.25) is 10.0 Å². The lowest BCUT2D eigenvalue weighted by Crippen LogP contribution is -2.39. The molecule has 36 heavy (non-hydrogen) atoms. The number of ether oxygens (including phenoxy) is 1. The molecule has 3 aromatic rings. The quantitative estimate of drug-likeness (QED) is 0.319. The summed E-state index contributed by atoms with van der Waals surface area (Å²) < 4.78 is 46.0. The SMILES string of the molecule is COC(=O)c1ccnc(-n2ccc3cc(N(CP(=O)(O)O)S(=O)(=O)C4C=C(Cl)C=C(Cl)C4)ccc32)c1. The van der Waals surface area contributed by atoms with Crippen LogP contribution in [-0.4, -0.2) is 52.4 Å². The molecule has 0 amide bonds. The second-order valence-corrected chi connectivity index (χ2v) is 12.5. The van der Waals surface area contributed by atoms with Gasteiger partial charge in [0.1, 0.15) is 17.4 Å². The van der Waals surface area contributed by atoms with Crippen LogP contribution in [0.3, 0.4) is 0 Å². The minimum Gasteiger partial charge on any atom is -0.465 e. The molecule has 0 radical (unpaired) electrons. The van der Waals surface area contributed by atoms with Crippen LogP contribution >= 0.6 is 30.8 Å². The number of carbonyl (C=O) groups is 1. The van der Waals surface area contributed by atoms with Crippen LogP contribution in [0.15, 0.2) is 71.0 Å². The van der Waals surface area contributed by atoms with Crippen molar-refractivity contribution in [2.45, 2.75) is 11.7 Å². The van der Waals surface area contributed by atoms with Crippen molar-refractivity contribution in [2.24, 2.45) is 0 Å². The Kier molecular flexibility index (Phi) is 7.34. The normalized spacial score (nSPS) is 16.4. The first-order chi connectivity index (χ1) is 16.9. The molecule has 1 atom stereocenters. The predicted octanol–water partition coefficient (Wildman–Crippen LogP) is 4.10. The Labute approximate surface area is 216 Å². The van der Waals surface area contributed by atoms with Gasteiger partial charge in [0.15, 0.2) is 0 Å². The van der Waals surface area contributed by atoms with Gasteiger partial charge in [-0.1, -0.05) is 23.2 Å². The number of allylic oxidation sites excluding steroid dienone is 3. The summed E-state index contributed by atoms with van der Waals surface area (Å²) in [7, 11) is -7.85. The number of sulfonamides is 1. The fourth-order valence-corrected chi connectivity index (χ4v) is 7.62. The van der Waals surface area contributed by atoms with Gasteiger partial charge in [-0.3, -0.25) is 8.87 Å². The molecular weight excluding hydrogens is 552 g/mol. The first kappa shape index (κ1) is 26.4. The van der Waals surface area contributed by atoms with Gasteiger partial charge in [-0.05, 0) is 48.6 Å². The summed E-state index contributed by atoms with van der Waals surface area (Å²) in [5.74, 6) is -0.105. The van der Waals surface area contributed by atoms with Crippen molar-refractivity contribution in [2.75, 3.05) is 17.7 Å². The highest BCUT2D eigenvalue weighted by Crippen LogP contribution is 2.41. The zero-order valence-corrected chi connectivity index (χ0v) is 21.9. The van der Waals surface area contributed by atoms with E-state index in [0.29, 0.717) is 26.6 Å². The van der Waals surface area contributed by atoms with E-state index >= 15 is 0 Å². The van der Waals surface area contributed by atoms with E-state index < -0.39 is 35.1 Å². The topological polar surface area (TPSA) is 139 Å². The van der Waals surface area contributed by atoms with Crippen molar-refractivity contribution < 1.29 is 32.3 Å². The zero-order chi connectivity index (χ0) is 26.3. The van der Waals surface area contributed by atoms with E-state index in [9.17, 15) is 27.6 Å². The number of halogens is 2. The molecule has 14 heteroatoms. The summed E-state index contributed by atoms with van der Waals surface area (Å²) in [5, 5.41) is -0.315. The molecule has 2 heterocycles. The zero-order valence-electron chi connectivity index (χ0n) is 18.7. The highest BCUT2D eigenvalue weighted by molar-refractivity contribution is 7.93. The number of esters is 1. The van der Waals surface area contributed by atoms with Gasteiger partial charge >= 0.3 is 13.6 Å². The summed E-state index contributed by atoms with van der Waals surface area (Å²) in [6.07, 6.45) is 4.68. The van der Waals surface area contributed by atoms with Gasteiger partial charge in [0.05, 0.1) is 23.9 Å². The van der Waals surface area contributed by atoms with E-state index in [2.05, 4.69) is 4.98 Å². The smallest absolute Gasteiger partial charge is 0.345 e. The molecule has 0 bridgehead atoms. The third-order valence-corrected chi connectivity index (χ3v) is 8.78. The fourth-order valence-electron chi connectivity index (χ4n) is 3.80. The van der Waals surface area contributed by atoms with E-state index in [1.807, 2.05) is 0 Å². The van der Waals surface area contributed by atoms with Crippen LogP contribution in [0.1, 0.15) is 16.8 Å². The number of hydrogen-bond acceptors (Lipinski definition) is 6. The lowest BCUT2D eigenvalue weighted by Gasteiger charge is -2.29. The number of nitrogens with zero attached hydrogens (tertiary/aromatic N) is 3. The number of anilines is 1. The average Bonchev–Trinajstić information content (AvgIpc) is 3.24. The molecule has 1 aliphatic carbocycles. The number of rotatable bonds is 7. The summed E-state index contributed by atoms with van der Waals surface area (Å²) in [6, 6.07) is 9.26. The maximum Gasteiger partial charge on any atom is 0.345 e. The third kappa shape index (κ3) is 5.51. The molecule has 0 saturated carbocycles. The molecule has 0 aliphatic heterocycles. The van der Waals surface area contributed by atoms with Crippen molar-refractivity contribution in [3.63, 3.8) is 0 Å². The lowest BCUT2D eigenvalue weighted by molar-refractivity contribution is 0.0600. The maximum absolute atomic E-state index is 13.5. The van der Waals surface area contributed by atoms with Crippen LogP contribution < -0.4 is 4.31 Å². The Morgan fingerprint density at radius 1 is 1.25 bits per heavy atom. The summed E-state index contributed by atoms with van der Waals surface area (Å²) in [5.41, 5.74) is 0.968. The average molecular weight is 572 g/mol. The number of carbonyl (C=O) groups excluding carboxylic acids is 1. The minimum absolute atomic E-state index is 0.0510. The Hall–Kier alpha value is -2.66. The third-order valence-electron chi connectivity index (χ3n) is 5.41. The van der Waals surface area contributed by atoms with E-state index in [-0.39, 0.29) is 22.2 Å². The predicted molar refractivity (Wildman–Crippen MR) is 137 cm³/mol. The monoisotopic (exact) mass is 571 g/mol. The van der Waals surface area contributed by atoms with Crippen LogP contribution in [0.25, 0.3) is 16.7 Å². The second-order valence-electron chi connectivity index (χ2n) is 7.91. The van der Waals surface area contributed by atoms with Gasteiger partial charge in [-0.25, -0.2) is 18.2 Å². The number of methoxy groups -OCH3 is 1. The molecule has 190 valence electrons. The Morgan fingerprint density at radius 3 is 2.67 bits per heavy atom. The fraction of sp³-hybridized carbons (Fsp3) is 0.182. The molecule has 10 nitrogen and oxygen atoms in total. The number of fused-ring (bicyclic) bond motifs is 1. The van der Waals surface area contributed by atoms with Crippen molar-refractivity contribution in [3.8, 4) is 5.82 Å². The van der Waals surface area contributed by atoms with Gasteiger partial charge < -0.3 is 19.1 Å². The molecule has 1 aromatic carbocycles. The van der Waals surface area contributed by atoms with E-state index in [4.69, 9.17) is 27.9 Å². The highest BCUT2D eigenvalue weighted by atomic mass is 35.5. The number of hydrogen-bond donors (Lipinski definition) is 2. The number of benzene rings is 1. The second kappa shape index (κ2) is 10.0. The summed E-state index contributed by atoms with van der Waals surface area (Å²) >= 11 is 12.0. The lowest BCUT2D eigenvalue weighted by atomic mass is 10.2. The molecule has 4 rings (SSSR count). The van der Waals surface area contributed by atoms with Gasteiger partial charge in [0, 0.05) is 34.3 Å². The molecule has 1 aliphatic rings. The summed E-state index contributed by atoms with van der Waals surface area (Å²) in [6.45, 7) is 0. The van der Waals surface area contributed by atoms with Crippen LogP contribution in [0, 0.1) is 0 Å². The summed E-state index contributed by atoms with van der Waals surface area (Å²) in [4.78, 5) is 35.5. The molecule has 2 N–H and O–H groups in total. The van der Waals surface area contributed by atoms with Gasteiger partial charge in [0.25, 0.3) is 0 Å². The van der Waals surface area contributed by atoms with Crippen molar-refractivity contribution in [1.29, 1.82) is 0 Å². The van der Waals surface area contributed by atoms with Crippen LogP contribution in [0.2, 0.25) is 0 Å². The molecule has 0 fully saturated rings. The molecule has 0 saturated heterocycles. The van der Waals surface area contributed by atoms with E-state index in [1.165, 1.54) is 43.7 Å². The highest BCUT2D eigenvalue weighted by Gasteiger charge is 2.36. The largest absolute Gasteiger partial charge is 0.465 e. The van der Waals surface area contributed by atoms with Crippen molar-refractivity contribution in [3.05, 3.63) is 76.6 Å². The van der Waals surface area contributed by atoms with Gasteiger partial charge in [-0.15, -0.1) is 0 Å². The first-order valence-electron chi connectivity index (χ1n) is 10.3. The van der Waals surface area contributed by atoms with E-state index in [1.54, 1.807) is 29.0 Å². The minimum atomic E-state index is -4.80. The van der Waals surface area contributed by atoms with E-state index in [0.717, 1.165) is 0 Å². The first-order valence-corrected chi connectivity index (χ1v) is 14.4. The Balaban J connectivity index is 1.77. The molecule has 0 spiro atoms. The standard InChI is InChI=1S/C22H20Cl2N3O7PS/c1-34-22(28)15-4-6-25-21(9-15)26-7-5-14-8-18(2-3-20(14)26)27(13-35(29,30)31)36(32,33)19-11-16(23)10-17(24)12-19/h2-11,19H,12-13H2,1H3,(H2,29,30,31). The van der Waals surface area contributed by atoms with Crippen molar-refractivity contribution >= 4 is 63.4 Å². The van der Waals surface area contributed by atoms with Crippen LogP contribution in [-0.2, 0) is 19.3 Å². The Morgan fingerprint density at radius 2 is 2.00 bits per heavy atom. The van der Waals surface area contributed by atoms with Crippen molar-refractivity contribution in [1.82, 2.24) is 9.55 Å². The van der Waals surface area contributed by atoms with Crippen LogP contribution in [0.4, 0.5) is 5.69 Å². The van der Waals surface area contributed by atoms with Crippen LogP contribution in [0.5, 0.6) is 0 Å².